The van der Waals surface area contributed by atoms with Gasteiger partial charge in [-0.25, -0.2) is 9.36 Å². The molecule has 3 aromatic heterocycles. The molecule has 7 nitrogen and oxygen atoms in total. The summed E-state index contributed by atoms with van der Waals surface area (Å²) in [6.45, 7) is 6.34. The molecule has 0 spiro atoms. The Labute approximate surface area is 154 Å². The van der Waals surface area contributed by atoms with Gasteiger partial charge >= 0.3 is 5.76 Å². The van der Waals surface area contributed by atoms with E-state index in [0.717, 1.165) is 16.3 Å². The lowest BCUT2D eigenvalue weighted by molar-refractivity contribution is 0.0968. The largest absolute Gasteiger partial charge is 0.442 e. The van der Waals surface area contributed by atoms with E-state index in [4.69, 9.17) is 9.26 Å². The zero-order valence-corrected chi connectivity index (χ0v) is 16.0. The average molecular weight is 375 g/mol. The van der Waals surface area contributed by atoms with E-state index in [2.05, 4.69) is 9.72 Å². The minimum absolute atomic E-state index is 0.113. The molecule has 0 aliphatic rings. The number of rotatable bonds is 7. The number of aryl methyl sites for hydroxylation is 1. The minimum Gasteiger partial charge on any atom is -0.383 e. The normalized spacial score (nSPS) is 12.5. The second kappa shape index (κ2) is 7.43. The zero-order valence-electron chi connectivity index (χ0n) is 15.2. The third-order valence-corrected chi connectivity index (χ3v) is 5.23. The van der Waals surface area contributed by atoms with Crippen LogP contribution in [0, 0.1) is 13.8 Å². The Bertz CT molecular complexity index is 965. The van der Waals surface area contributed by atoms with Crippen LogP contribution in [0.25, 0.3) is 10.7 Å². The number of Topliss-reactive ketones (excluding diaryl/α,β-unsaturated/α-hetero) is 1. The fraction of sp³-hybridized carbons (Fsp3) is 0.389. The molecule has 0 fully saturated rings. The van der Waals surface area contributed by atoms with Gasteiger partial charge in [0.25, 0.3) is 0 Å². The van der Waals surface area contributed by atoms with E-state index in [-0.39, 0.29) is 18.4 Å². The number of ether oxygens (including phenoxy) is 1. The van der Waals surface area contributed by atoms with Gasteiger partial charge in [0, 0.05) is 24.1 Å². The first kappa shape index (κ1) is 18.3. The van der Waals surface area contributed by atoms with Gasteiger partial charge in [0.1, 0.15) is 0 Å². The molecule has 0 aliphatic heterocycles. The Hall–Kier alpha value is -2.45. The molecular formula is C18H21N3O4S. The van der Waals surface area contributed by atoms with Crippen molar-refractivity contribution in [3.63, 3.8) is 0 Å². The van der Waals surface area contributed by atoms with Crippen molar-refractivity contribution < 1.29 is 14.1 Å². The SMILES string of the molecule is COC[C@H](C)n1c(C)cc(C(=O)Cn2c(-c3cccs3)noc2=O)c1C. The molecule has 0 aliphatic carbocycles. The molecule has 8 heteroatoms. The molecule has 0 amide bonds. The third-order valence-electron chi connectivity index (χ3n) is 4.36. The number of aromatic nitrogens is 3. The van der Waals surface area contributed by atoms with Gasteiger partial charge in [0.15, 0.2) is 11.6 Å². The lowest BCUT2D eigenvalue weighted by atomic mass is 10.1. The fourth-order valence-electron chi connectivity index (χ4n) is 3.27. The summed E-state index contributed by atoms with van der Waals surface area (Å²) < 4.78 is 13.4. The first-order chi connectivity index (χ1) is 12.4. The van der Waals surface area contributed by atoms with Gasteiger partial charge in [-0.1, -0.05) is 11.2 Å². The Morgan fingerprint density at radius 3 is 2.85 bits per heavy atom. The second-order valence-electron chi connectivity index (χ2n) is 6.22. The number of hydrogen-bond donors (Lipinski definition) is 0. The average Bonchev–Trinajstić information content (AvgIpc) is 3.29. The number of carbonyl (C=O) groups is 1. The van der Waals surface area contributed by atoms with Crippen LogP contribution in [0.15, 0.2) is 32.9 Å². The first-order valence-corrected chi connectivity index (χ1v) is 9.13. The first-order valence-electron chi connectivity index (χ1n) is 8.25. The summed E-state index contributed by atoms with van der Waals surface area (Å²) >= 11 is 1.43. The predicted octanol–water partition coefficient (Wildman–Crippen LogP) is 3.07. The van der Waals surface area contributed by atoms with Gasteiger partial charge in [-0.05, 0) is 38.3 Å². The van der Waals surface area contributed by atoms with Crippen molar-refractivity contribution in [3.8, 4) is 10.7 Å². The van der Waals surface area contributed by atoms with Gasteiger partial charge in [-0.3, -0.25) is 9.32 Å². The maximum atomic E-state index is 12.9. The van der Waals surface area contributed by atoms with Crippen LogP contribution in [0.3, 0.4) is 0 Å². The summed E-state index contributed by atoms with van der Waals surface area (Å²) in [6, 6.07) is 5.66. The Morgan fingerprint density at radius 1 is 1.42 bits per heavy atom. The molecule has 138 valence electrons. The third kappa shape index (κ3) is 3.30. The van der Waals surface area contributed by atoms with E-state index in [1.165, 1.54) is 15.9 Å². The molecule has 0 bridgehead atoms. The van der Waals surface area contributed by atoms with Crippen molar-refractivity contribution in [2.45, 2.75) is 33.4 Å². The van der Waals surface area contributed by atoms with Crippen LogP contribution in [-0.4, -0.2) is 33.8 Å². The second-order valence-corrected chi connectivity index (χ2v) is 7.17. The number of carbonyl (C=O) groups excluding carboxylic acids is 1. The van der Waals surface area contributed by atoms with Crippen molar-refractivity contribution in [2.75, 3.05) is 13.7 Å². The summed E-state index contributed by atoms with van der Waals surface area (Å²) in [6.07, 6.45) is 0. The van der Waals surface area contributed by atoms with Crippen molar-refractivity contribution in [1.29, 1.82) is 0 Å². The van der Waals surface area contributed by atoms with Crippen molar-refractivity contribution in [1.82, 2.24) is 14.3 Å². The topological polar surface area (TPSA) is 79.3 Å². The zero-order chi connectivity index (χ0) is 18.8. The van der Waals surface area contributed by atoms with E-state index in [1.54, 1.807) is 7.11 Å². The van der Waals surface area contributed by atoms with Crippen LogP contribution in [0.1, 0.15) is 34.7 Å². The lowest BCUT2D eigenvalue weighted by Gasteiger charge is -2.17. The molecule has 0 radical (unpaired) electrons. The Morgan fingerprint density at radius 2 is 2.19 bits per heavy atom. The smallest absolute Gasteiger partial charge is 0.383 e. The Kier molecular flexibility index (Phi) is 5.24. The molecule has 0 aromatic carbocycles. The molecule has 3 aromatic rings. The van der Waals surface area contributed by atoms with Gasteiger partial charge in [-0.15, -0.1) is 11.3 Å². The van der Waals surface area contributed by atoms with E-state index in [1.807, 2.05) is 44.4 Å². The molecule has 26 heavy (non-hydrogen) atoms. The maximum Gasteiger partial charge on any atom is 0.442 e. The monoisotopic (exact) mass is 375 g/mol. The Balaban J connectivity index is 1.92. The molecule has 0 saturated heterocycles. The molecular weight excluding hydrogens is 354 g/mol. The molecule has 0 saturated carbocycles. The molecule has 0 N–H and O–H groups in total. The van der Waals surface area contributed by atoms with Gasteiger partial charge in [-0.2, -0.15) is 0 Å². The molecule has 1 atom stereocenters. The van der Waals surface area contributed by atoms with Gasteiger partial charge < -0.3 is 9.30 Å². The van der Waals surface area contributed by atoms with Crippen molar-refractivity contribution >= 4 is 17.1 Å². The van der Waals surface area contributed by atoms with Crippen LogP contribution in [0.4, 0.5) is 0 Å². The van der Waals surface area contributed by atoms with Crippen LogP contribution < -0.4 is 5.76 Å². The summed E-state index contributed by atoms with van der Waals surface area (Å²) in [5.74, 6) is -0.416. The van der Waals surface area contributed by atoms with Crippen LogP contribution in [0.2, 0.25) is 0 Å². The summed E-state index contributed by atoms with van der Waals surface area (Å²) in [7, 11) is 1.65. The van der Waals surface area contributed by atoms with Crippen LogP contribution in [-0.2, 0) is 11.3 Å². The fourth-order valence-corrected chi connectivity index (χ4v) is 3.99. The van der Waals surface area contributed by atoms with E-state index in [0.29, 0.717) is 18.0 Å². The number of nitrogens with zero attached hydrogens (tertiary/aromatic N) is 3. The summed E-state index contributed by atoms with van der Waals surface area (Å²) in [4.78, 5) is 25.7. The van der Waals surface area contributed by atoms with E-state index >= 15 is 0 Å². The highest BCUT2D eigenvalue weighted by atomic mass is 32.1. The number of methoxy groups -OCH3 is 1. The van der Waals surface area contributed by atoms with Crippen LogP contribution in [0.5, 0.6) is 0 Å². The van der Waals surface area contributed by atoms with Crippen LogP contribution >= 0.6 is 11.3 Å². The van der Waals surface area contributed by atoms with Crippen molar-refractivity contribution in [3.05, 3.63) is 51.1 Å². The summed E-state index contributed by atoms with van der Waals surface area (Å²) in [5.41, 5.74) is 2.43. The number of thiophene rings is 1. The maximum absolute atomic E-state index is 12.9. The van der Waals surface area contributed by atoms with Crippen molar-refractivity contribution in [2.24, 2.45) is 0 Å². The standard InChI is InChI=1S/C18H21N3O4S/c1-11-8-14(13(3)21(11)12(2)10-24-4)15(22)9-20-17(19-25-18(20)23)16-6-5-7-26-16/h5-8,12H,9-10H2,1-4H3/t12-/m0/s1. The molecule has 0 unspecified atom stereocenters. The van der Waals surface area contributed by atoms with E-state index < -0.39 is 5.76 Å². The molecule has 3 rings (SSSR count). The quantitative estimate of drug-likeness (QED) is 0.593. The van der Waals surface area contributed by atoms with E-state index in [9.17, 15) is 9.59 Å². The summed E-state index contributed by atoms with van der Waals surface area (Å²) in [5, 5.41) is 5.70. The minimum atomic E-state index is -0.636. The lowest BCUT2D eigenvalue weighted by Crippen LogP contribution is -2.21. The highest BCUT2D eigenvalue weighted by Gasteiger charge is 2.22. The predicted molar refractivity (Wildman–Crippen MR) is 98.9 cm³/mol. The molecule has 3 heterocycles. The van der Waals surface area contributed by atoms with Gasteiger partial charge in [0.2, 0.25) is 0 Å². The highest BCUT2D eigenvalue weighted by Crippen LogP contribution is 2.24. The number of hydrogen-bond acceptors (Lipinski definition) is 6. The highest BCUT2D eigenvalue weighted by molar-refractivity contribution is 7.13. The van der Waals surface area contributed by atoms with Gasteiger partial charge in [0.05, 0.1) is 24.1 Å². The number of ketones is 1.